The maximum absolute atomic E-state index is 12.6. The van der Waals surface area contributed by atoms with E-state index in [1.165, 1.54) is 89.0 Å². The van der Waals surface area contributed by atoms with Gasteiger partial charge in [-0.2, -0.15) is 0 Å². The van der Waals surface area contributed by atoms with Gasteiger partial charge in [0.1, 0.15) is 5.75 Å². The van der Waals surface area contributed by atoms with Gasteiger partial charge in [-0.1, -0.05) is 115 Å². The van der Waals surface area contributed by atoms with Crippen molar-refractivity contribution in [3.8, 4) is 5.75 Å². The average Bonchev–Trinajstić information content (AvgIpc) is 3.45. The van der Waals surface area contributed by atoms with E-state index in [4.69, 9.17) is 4.74 Å². The number of hydrogen-bond acceptors (Lipinski definition) is 4. The summed E-state index contributed by atoms with van der Waals surface area (Å²) in [6.07, 6.45) is 21.5. The number of nitrogens with one attached hydrogen (secondary N) is 1. The molecule has 0 bridgehead atoms. The number of rotatable bonds is 21. The van der Waals surface area contributed by atoms with Crippen LogP contribution in [0, 0.1) is 0 Å². The second-order valence-corrected chi connectivity index (χ2v) is 11.7. The van der Waals surface area contributed by atoms with Gasteiger partial charge in [0, 0.05) is 18.4 Å². The molecule has 0 saturated heterocycles. The molecule has 0 atom stereocenters. The highest BCUT2D eigenvalue weighted by atomic mass is 79.9. The molecule has 1 N–H and O–H groups in total. The van der Waals surface area contributed by atoms with Crippen LogP contribution in [0.25, 0.3) is 0 Å². The summed E-state index contributed by atoms with van der Waals surface area (Å²) in [4.78, 5) is 14.9. The van der Waals surface area contributed by atoms with Gasteiger partial charge in [0.2, 0.25) is 5.91 Å². The van der Waals surface area contributed by atoms with Crippen LogP contribution in [-0.4, -0.2) is 23.3 Å². The van der Waals surface area contributed by atoms with E-state index in [0.717, 1.165) is 42.4 Å². The molecule has 3 rings (SSSR count). The molecule has 1 heterocycles. The van der Waals surface area contributed by atoms with Gasteiger partial charge in [-0.25, -0.2) is 0 Å². The number of halogens is 1. The van der Waals surface area contributed by atoms with Crippen molar-refractivity contribution in [2.24, 2.45) is 0 Å². The van der Waals surface area contributed by atoms with E-state index < -0.39 is 0 Å². The number of benzene rings is 2. The number of unbranched alkanes of at least 4 members (excludes halogenated alkanes) is 13. The largest absolute Gasteiger partial charge is 0.494 e. The zero-order valence-electron chi connectivity index (χ0n) is 24.6. The number of carbonyl (C=O) groups excluding carboxylic acids is 1. The van der Waals surface area contributed by atoms with Crippen LogP contribution in [0.2, 0.25) is 0 Å². The summed E-state index contributed by atoms with van der Waals surface area (Å²) < 4.78 is 5.98. The Balaban J connectivity index is 0.00000560. The summed E-state index contributed by atoms with van der Waals surface area (Å²) in [6, 6.07) is 16.1. The van der Waals surface area contributed by atoms with Crippen molar-refractivity contribution in [1.82, 2.24) is 4.90 Å². The number of carbonyl (C=O) groups is 1. The number of anilines is 1. The second-order valence-electron chi connectivity index (χ2n) is 10.8. The Bertz CT molecular complexity index is 967. The summed E-state index contributed by atoms with van der Waals surface area (Å²) >= 11 is 1.81. The minimum absolute atomic E-state index is 0. The molecule has 1 amide bonds. The van der Waals surface area contributed by atoms with Crippen LogP contribution in [0.15, 0.2) is 60.1 Å². The van der Waals surface area contributed by atoms with E-state index in [0.29, 0.717) is 6.42 Å². The minimum atomic E-state index is -0.00856. The predicted octanol–water partition coefficient (Wildman–Crippen LogP) is 10.3. The van der Waals surface area contributed by atoms with Crippen molar-refractivity contribution in [1.29, 1.82) is 0 Å². The lowest BCUT2D eigenvalue weighted by molar-refractivity contribution is -0.115. The molecule has 0 aromatic heterocycles. The van der Waals surface area contributed by atoms with Crippen molar-refractivity contribution < 1.29 is 9.53 Å². The molecule has 0 aliphatic carbocycles. The van der Waals surface area contributed by atoms with Crippen LogP contribution in [0.1, 0.15) is 108 Å². The Kier molecular flexibility index (Phi) is 18.7. The van der Waals surface area contributed by atoms with Gasteiger partial charge in [-0.15, -0.1) is 28.7 Å². The first-order chi connectivity index (χ1) is 19.2. The molecular formula is C34H51BrN2O2S. The van der Waals surface area contributed by atoms with Crippen molar-refractivity contribution in [2.45, 2.75) is 110 Å². The molecule has 222 valence electrons. The zero-order chi connectivity index (χ0) is 27.4. The van der Waals surface area contributed by atoms with E-state index in [2.05, 4.69) is 40.9 Å². The normalized spacial score (nSPS) is 12.4. The molecule has 2 aromatic rings. The smallest absolute Gasteiger partial charge is 0.228 e. The van der Waals surface area contributed by atoms with Crippen molar-refractivity contribution in [2.75, 3.05) is 17.8 Å². The van der Waals surface area contributed by atoms with E-state index >= 15 is 0 Å². The summed E-state index contributed by atoms with van der Waals surface area (Å²) in [6.45, 7) is 3.92. The first-order valence-electron chi connectivity index (χ1n) is 15.4. The van der Waals surface area contributed by atoms with Gasteiger partial charge in [-0.05, 0) is 47.2 Å². The van der Waals surface area contributed by atoms with Crippen LogP contribution in [0.4, 0.5) is 5.69 Å². The Morgan fingerprint density at radius 1 is 0.825 bits per heavy atom. The minimum Gasteiger partial charge on any atom is -0.494 e. The molecule has 0 saturated carbocycles. The highest BCUT2D eigenvalue weighted by Crippen LogP contribution is 2.20. The molecule has 0 fully saturated rings. The number of amides is 1. The van der Waals surface area contributed by atoms with Crippen LogP contribution < -0.4 is 10.1 Å². The number of hydrogen-bond donors (Lipinski definition) is 1. The van der Waals surface area contributed by atoms with Crippen LogP contribution in [0.3, 0.4) is 0 Å². The molecule has 1 aliphatic rings. The third-order valence-corrected chi connectivity index (χ3v) is 8.06. The fourth-order valence-electron chi connectivity index (χ4n) is 4.96. The monoisotopic (exact) mass is 630 g/mol. The predicted molar refractivity (Wildman–Crippen MR) is 178 cm³/mol. The van der Waals surface area contributed by atoms with Gasteiger partial charge in [-0.3, -0.25) is 4.79 Å². The van der Waals surface area contributed by atoms with Gasteiger partial charge < -0.3 is 15.0 Å². The maximum atomic E-state index is 12.6. The van der Waals surface area contributed by atoms with Crippen LogP contribution >= 0.6 is 28.7 Å². The standard InChI is InChI=1S/C34H50N2O2S.BrH/c1-2-3-4-5-6-7-8-9-10-11-12-13-14-15-24-38-33-18-16-17-31(26-33)27-34(37)35-32-21-19-30(20-22-32)28-36-23-25-39-29-36;/h16-23,25-26H,2-15,24,27-29H2,1H3,(H,35,37);1H. The lowest BCUT2D eigenvalue weighted by atomic mass is 10.0. The number of nitrogens with zero attached hydrogens (tertiary/aromatic N) is 1. The molecule has 6 heteroatoms. The van der Waals surface area contributed by atoms with E-state index in [1.54, 1.807) is 11.8 Å². The Morgan fingerprint density at radius 2 is 1.45 bits per heavy atom. The van der Waals surface area contributed by atoms with Crippen molar-refractivity contribution >= 4 is 40.3 Å². The first-order valence-corrected chi connectivity index (χ1v) is 16.4. The summed E-state index contributed by atoms with van der Waals surface area (Å²) in [5, 5.41) is 5.14. The Labute approximate surface area is 258 Å². The fraction of sp³-hybridized carbons (Fsp3) is 0.559. The van der Waals surface area contributed by atoms with Crippen molar-refractivity contribution in [3.63, 3.8) is 0 Å². The molecule has 4 nitrogen and oxygen atoms in total. The molecular weight excluding hydrogens is 580 g/mol. The quantitative estimate of drug-likeness (QED) is 0.139. The summed E-state index contributed by atoms with van der Waals surface area (Å²) in [5.41, 5.74) is 3.05. The van der Waals surface area contributed by atoms with Crippen molar-refractivity contribution in [3.05, 3.63) is 71.3 Å². The second kappa shape index (κ2) is 21.8. The summed E-state index contributed by atoms with van der Waals surface area (Å²) in [7, 11) is 0. The molecule has 2 aromatic carbocycles. The molecule has 0 spiro atoms. The molecule has 40 heavy (non-hydrogen) atoms. The van der Waals surface area contributed by atoms with Crippen LogP contribution in [0.5, 0.6) is 5.75 Å². The third-order valence-electron chi connectivity index (χ3n) is 7.26. The van der Waals surface area contributed by atoms with Gasteiger partial charge >= 0.3 is 0 Å². The first kappa shape index (κ1) is 34.3. The lowest BCUT2D eigenvalue weighted by Gasteiger charge is -2.14. The van der Waals surface area contributed by atoms with Gasteiger partial charge in [0.05, 0.1) is 18.9 Å². The highest BCUT2D eigenvalue weighted by molar-refractivity contribution is 8.93. The number of thioether (sulfide) groups is 1. The summed E-state index contributed by atoms with van der Waals surface area (Å²) in [5.74, 6) is 1.85. The van der Waals surface area contributed by atoms with Gasteiger partial charge in [0.25, 0.3) is 0 Å². The third kappa shape index (κ3) is 15.2. The maximum Gasteiger partial charge on any atom is 0.228 e. The fourth-order valence-corrected chi connectivity index (χ4v) is 5.67. The highest BCUT2D eigenvalue weighted by Gasteiger charge is 2.08. The van der Waals surface area contributed by atoms with E-state index in [9.17, 15) is 4.79 Å². The average molecular weight is 632 g/mol. The van der Waals surface area contributed by atoms with Gasteiger partial charge in [0.15, 0.2) is 0 Å². The van der Waals surface area contributed by atoms with Crippen LogP contribution in [-0.2, 0) is 17.8 Å². The molecule has 1 aliphatic heterocycles. The molecule has 0 radical (unpaired) electrons. The Morgan fingerprint density at radius 3 is 2.05 bits per heavy atom. The van der Waals surface area contributed by atoms with E-state index in [1.807, 2.05) is 36.4 Å². The Hall–Kier alpha value is -1.92. The topological polar surface area (TPSA) is 41.6 Å². The zero-order valence-corrected chi connectivity index (χ0v) is 27.1. The lowest BCUT2D eigenvalue weighted by Crippen LogP contribution is -2.15. The van der Waals surface area contributed by atoms with E-state index in [-0.39, 0.29) is 22.9 Å². The molecule has 0 unspecified atom stereocenters. The SMILES string of the molecule is Br.CCCCCCCCCCCCCCCCOc1cccc(CC(=O)Nc2ccc(CN3C=CSC3)cc2)c1. The number of ether oxygens (including phenoxy) is 1.